The Hall–Kier alpha value is -1.72. The van der Waals surface area contributed by atoms with Gasteiger partial charge in [0, 0.05) is 0 Å². The molecule has 2 rings (SSSR count). The van der Waals surface area contributed by atoms with E-state index < -0.39 is 0 Å². The molecule has 1 atom stereocenters. The van der Waals surface area contributed by atoms with E-state index in [1.165, 1.54) is 4.46 Å². The van der Waals surface area contributed by atoms with Gasteiger partial charge < -0.3 is 0 Å². The molecule has 102 valence electrons. The SMILES string of the molecule is COc1ccc(C(C#C[Se]c2ccccc2)OC)cc1. The Morgan fingerprint density at radius 2 is 1.65 bits per heavy atom. The Morgan fingerprint density at radius 1 is 0.950 bits per heavy atom. The van der Waals surface area contributed by atoms with Crippen molar-refractivity contribution in [3.05, 3.63) is 60.2 Å². The second kappa shape index (κ2) is 7.77. The third-order valence-electron chi connectivity index (χ3n) is 2.76. The number of ether oxygens (including phenoxy) is 2. The van der Waals surface area contributed by atoms with Crippen molar-refractivity contribution in [3.8, 4) is 16.5 Å². The van der Waals surface area contributed by atoms with E-state index in [1.54, 1.807) is 14.2 Å². The quantitative estimate of drug-likeness (QED) is 0.633. The molecule has 0 aliphatic rings. The Balaban J connectivity index is 2.05. The van der Waals surface area contributed by atoms with E-state index >= 15 is 0 Å². The second-order valence-electron chi connectivity index (χ2n) is 4.05. The van der Waals surface area contributed by atoms with E-state index in [9.17, 15) is 0 Å². The zero-order valence-electron chi connectivity index (χ0n) is 11.5. The van der Waals surface area contributed by atoms with Crippen molar-refractivity contribution in [1.29, 1.82) is 0 Å². The summed E-state index contributed by atoms with van der Waals surface area (Å²) in [6, 6.07) is 18.1. The summed E-state index contributed by atoms with van der Waals surface area (Å²) in [5.74, 6) is 4.02. The first-order valence-corrected chi connectivity index (χ1v) is 7.94. The standard InChI is InChI=1S/C17H16O2Se/c1-18-15-10-8-14(9-11-15)17(19-2)12-13-20-16-6-4-3-5-7-16/h3-11,17H,1-2H3. The van der Waals surface area contributed by atoms with Crippen LogP contribution in [0.4, 0.5) is 0 Å². The first-order valence-electron chi connectivity index (χ1n) is 6.22. The molecule has 0 radical (unpaired) electrons. The van der Waals surface area contributed by atoms with Crippen molar-refractivity contribution in [2.75, 3.05) is 14.2 Å². The molecule has 0 aliphatic carbocycles. The van der Waals surface area contributed by atoms with Gasteiger partial charge in [-0.25, -0.2) is 0 Å². The molecule has 0 saturated heterocycles. The fourth-order valence-electron chi connectivity index (χ4n) is 1.69. The molecule has 0 amide bonds. The van der Waals surface area contributed by atoms with Crippen LogP contribution in [0.2, 0.25) is 0 Å². The maximum absolute atomic E-state index is 5.44. The van der Waals surface area contributed by atoms with Crippen molar-refractivity contribution in [2.24, 2.45) is 0 Å². The molecule has 20 heavy (non-hydrogen) atoms. The van der Waals surface area contributed by atoms with Gasteiger partial charge in [-0.3, -0.25) is 0 Å². The van der Waals surface area contributed by atoms with Crippen LogP contribution in [0.25, 0.3) is 0 Å². The molecule has 0 aromatic heterocycles. The van der Waals surface area contributed by atoms with Gasteiger partial charge in [-0.1, -0.05) is 0 Å². The van der Waals surface area contributed by atoms with Gasteiger partial charge in [0.15, 0.2) is 0 Å². The topological polar surface area (TPSA) is 18.5 Å². The predicted molar refractivity (Wildman–Crippen MR) is 82.4 cm³/mol. The number of methoxy groups -OCH3 is 2. The Bertz CT molecular complexity index is 582. The number of hydrogen-bond acceptors (Lipinski definition) is 2. The average Bonchev–Trinajstić information content (AvgIpc) is 2.53. The van der Waals surface area contributed by atoms with E-state index in [-0.39, 0.29) is 21.1 Å². The minimum absolute atomic E-state index is 0.157. The molecule has 0 aliphatic heterocycles. The fraction of sp³-hybridized carbons (Fsp3) is 0.176. The molecule has 1 unspecified atom stereocenters. The molecule has 0 heterocycles. The summed E-state index contributed by atoms with van der Waals surface area (Å²) in [5.41, 5.74) is 1.05. The maximum atomic E-state index is 5.44. The molecule has 0 N–H and O–H groups in total. The second-order valence-corrected chi connectivity index (χ2v) is 5.90. The number of hydrogen-bond donors (Lipinski definition) is 0. The van der Waals surface area contributed by atoms with Gasteiger partial charge in [0.25, 0.3) is 0 Å². The van der Waals surface area contributed by atoms with Crippen LogP contribution in [0.15, 0.2) is 54.6 Å². The third-order valence-corrected chi connectivity index (χ3v) is 4.28. The molecule has 3 heteroatoms. The summed E-state index contributed by atoms with van der Waals surface area (Å²) in [4.78, 5) is 3.24. The third kappa shape index (κ3) is 4.15. The minimum atomic E-state index is -0.188. The van der Waals surface area contributed by atoms with E-state index in [4.69, 9.17) is 9.47 Å². The van der Waals surface area contributed by atoms with Crippen LogP contribution in [0, 0.1) is 10.7 Å². The summed E-state index contributed by atoms with van der Waals surface area (Å²) < 4.78 is 11.9. The van der Waals surface area contributed by atoms with Crippen molar-refractivity contribution in [1.82, 2.24) is 0 Å². The molecule has 0 bridgehead atoms. The Labute approximate surface area is 126 Å². The van der Waals surface area contributed by atoms with E-state index in [0.717, 1.165) is 11.3 Å². The molecular formula is C17H16O2Se. The summed E-state index contributed by atoms with van der Waals surface area (Å²) >= 11 is 0.157. The van der Waals surface area contributed by atoms with Crippen molar-refractivity contribution >= 4 is 19.4 Å². The molecule has 2 aromatic carbocycles. The van der Waals surface area contributed by atoms with Gasteiger partial charge in [0.2, 0.25) is 0 Å². The van der Waals surface area contributed by atoms with Crippen LogP contribution in [0.1, 0.15) is 11.7 Å². The van der Waals surface area contributed by atoms with Crippen molar-refractivity contribution in [3.63, 3.8) is 0 Å². The van der Waals surface area contributed by atoms with Gasteiger partial charge in [-0.2, -0.15) is 0 Å². The first-order chi connectivity index (χ1) is 9.83. The monoisotopic (exact) mass is 332 g/mol. The van der Waals surface area contributed by atoms with E-state index in [2.05, 4.69) is 22.9 Å². The van der Waals surface area contributed by atoms with Crippen molar-refractivity contribution < 1.29 is 9.47 Å². The van der Waals surface area contributed by atoms with Gasteiger partial charge in [0.1, 0.15) is 0 Å². The number of rotatable bonds is 4. The molecule has 0 fully saturated rings. The van der Waals surface area contributed by atoms with Gasteiger partial charge in [-0.15, -0.1) is 0 Å². The van der Waals surface area contributed by atoms with E-state index in [0.29, 0.717) is 0 Å². The van der Waals surface area contributed by atoms with Crippen LogP contribution in [0.5, 0.6) is 5.75 Å². The van der Waals surface area contributed by atoms with Crippen LogP contribution < -0.4 is 9.20 Å². The normalized spacial score (nSPS) is 11.3. The van der Waals surface area contributed by atoms with Gasteiger partial charge in [-0.05, 0) is 0 Å². The summed E-state index contributed by atoms with van der Waals surface area (Å²) in [6.45, 7) is 0. The van der Waals surface area contributed by atoms with Gasteiger partial charge in [0.05, 0.1) is 0 Å². The van der Waals surface area contributed by atoms with Crippen LogP contribution in [-0.4, -0.2) is 29.2 Å². The zero-order chi connectivity index (χ0) is 14.2. The Kier molecular flexibility index (Phi) is 5.70. The average molecular weight is 331 g/mol. The predicted octanol–water partition coefficient (Wildman–Crippen LogP) is 2.37. The van der Waals surface area contributed by atoms with Crippen LogP contribution in [0.3, 0.4) is 0 Å². The summed E-state index contributed by atoms with van der Waals surface area (Å²) in [5, 5.41) is 0. The summed E-state index contributed by atoms with van der Waals surface area (Å²) in [6.07, 6.45) is -0.188. The van der Waals surface area contributed by atoms with E-state index in [1.807, 2.05) is 42.5 Å². The molecule has 2 nitrogen and oxygen atoms in total. The zero-order valence-corrected chi connectivity index (χ0v) is 13.2. The molecule has 0 saturated carbocycles. The molecular weight excluding hydrogens is 315 g/mol. The first kappa shape index (κ1) is 14.7. The van der Waals surface area contributed by atoms with Crippen LogP contribution in [-0.2, 0) is 4.74 Å². The van der Waals surface area contributed by atoms with Gasteiger partial charge >= 0.3 is 126 Å². The molecule has 2 aromatic rings. The Morgan fingerprint density at radius 3 is 2.25 bits per heavy atom. The van der Waals surface area contributed by atoms with Crippen molar-refractivity contribution in [2.45, 2.75) is 6.10 Å². The summed E-state index contributed by atoms with van der Waals surface area (Å²) in [7, 11) is 3.34. The van der Waals surface area contributed by atoms with Crippen LogP contribution >= 0.6 is 0 Å². The molecule has 0 spiro atoms. The fourth-order valence-corrected chi connectivity index (χ4v) is 2.90. The number of benzene rings is 2.